The molecule has 2 heterocycles. The van der Waals surface area contributed by atoms with Crippen molar-refractivity contribution in [3.8, 4) is 11.5 Å². The summed E-state index contributed by atoms with van der Waals surface area (Å²) in [5.74, 6) is -0.206. The standard InChI is InChI=1S/C59H54Cl4N2O6/c60-42-14-22-50(54(62)32-42)52-6-1-4-38-30-40(58(66)67)12-20-48(38)56(52)36-8-16-44(17-9-36)70-46-24-28-64(34-46)26-3-27-65-29-25-47(35-65)71-45-18-10-37(11-19-45)57-49-21-13-41(59(68)69)31-39(49)5-2-7-53(57)51-23-15-43(61)33-55(51)63/h8-23,30-33,46-47H,1-7,24-29,34-35H2,(H,66,67)(H,68,69)/t46-,47+. The summed E-state index contributed by atoms with van der Waals surface area (Å²) < 4.78 is 13.1. The van der Waals surface area contributed by atoms with Crippen molar-refractivity contribution in [2.24, 2.45) is 0 Å². The number of benzene rings is 6. The molecule has 0 saturated carbocycles. The Bertz CT molecular complexity index is 2860. The summed E-state index contributed by atoms with van der Waals surface area (Å²) in [6, 6.07) is 38.7. The van der Waals surface area contributed by atoms with Crippen molar-refractivity contribution in [3.63, 3.8) is 0 Å². The molecule has 6 aromatic carbocycles. The van der Waals surface area contributed by atoms with Gasteiger partial charge >= 0.3 is 11.9 Å². The average molecular weight is 1030 g/mol. The Balaban J connectivity index is 0.742. The molecule has 4 aliphatic rings. The lowest BCUT2D eigenvalue weighted by Crippen LogP contribution is -2.30. The van der Waals surface area contributed by atoms with E-state index >= 15 is 0 Å². The fourth-order valence-electron chi connectivity index (χ4n) is 11.0. The SMILES string of the molecule is O=C(O)c1ccc2c(c1)CCCC(c1ccc(Cl)cc1Cl)=C2c1ccc(O[C@@H]2CCN(CCCN3CC[C@H](Oc4ccc(C5=C(c6ccc(Cl)cc6Cl)CCCc6cc(C(=O)O)ccc65)cc4)C3)C2)cc1. The Morgan fingerprint density at radius 3 is 1.31 bits per heavy atom. The molecule has 364 valence electrons. The van der Waals surface area contributed by atoms with Crippen molar-refractivity contribution in [1.82, 2.24) is 9.80 Å². The van der Waals surface area contributed by atoms with Crippen LogP contribution in [0.15, 0.2) is 121 Å². The lowest BCUT2D eigenvalue weighted by Gasteiger charge is -2.21. The highest BCUT2D eigenvalue weighted by molar-refractivity contribution is 6.36. The zero-order valence-corrected chi connectivity index (χ0v) is 42.3. The minimum Gasteiger partial charge on any atom is -0.489 e. The van der Waals surface area contributed by atoms with E-state index in [1.807, 2.05) is 72.8 Å². The van der Waals surface area contributed by atoms with E-state index in [0.717, 1.165) is 175 Å². The third-order valence-electron chi connectivity index (χ3n) is 14.4. The predicted octanol–water partition coefficient (Wildman–Crippen LogP) is 14.3. The fraction of sp³-hybridized carbons (Fsp3) is 0.288. The molecular formula is C59H54Cl4N2O6. The number of hydrogen-bond donors (Lipinski definition) is 2. The van der Waals surface area contributed by atoms with Gasteiger partial charge in [-0.2, -0.15) is 0 Å². The van der Waals surface area contributed by atoms with E-state index in [9.17, 15) is 19.8 Å². The second-order valence-electron chi connectivity index (χ2n) is 19.1. The Morgan fingerprint density at radius 2 is 0.915 bits per heavy atom. The van der Waals surface area contributed by atoms with Crippen LogP contribution in [0, 0.1) is 0 Å². The van der Waals surface area contributed by atoms with Crippen LogP contribution in [0.25, 0.3) is 22.3 Å². The number of fused-ring (bicyclic) bond motifs is 2. The molecule has 10 rings (SSSR count). The van der Waals surface area contributed by atoms with Gasteiger partial charge in [0.1, 0.15) is 23.7 Å². The molecule has 0 amide bonds. The molecule has 2 fully saturated rings. The van der Waals surface area contributed by atoms with Gasteiger partial charge < -0.3 is 19.7 Å². The maximum absolute atomic E-state index is 11.9. The third-order valence-corrected chi connectivity index (χ3v) is 15.5. The van der Waals surface area contributed by atoms with Gasteiger partial charge in [0.2, 0.25) is 0 Å². The zero-order valence-electron chi connectivity index (χ0n) is 39.2. The lowest BCUT2D eigenvalue weighted by molar-refractivity contribution is 0.0686. The number of ether oxygens (including phenoxy) is 2. The molecule has 71 heavy (non-hydrogen) atoms. The van der Waals surface area contributed by atoms with Gasteiger partial charge in [-0.1, -0.05) is 94.9 Å². The second-order valence-corrected chi connectivity index (χ2v) is 20.8. The topological polar surface area (TPSA) is 99.5 Å². The number of carbonyl (C=O) groups is 2. The molecule has 0 bridgehead atoms. The number of hydrogen-bond acceptors (Lipinski definition) is 6. The summed E-state index contributed by atoms with van der Waals surface area (Å²) in [5.41, 5.74) is 12.9. The van der Waals surface area contributed by atoms with Crippen molar-refractivity contribution in [3.05, 3.63) is 197 Å². The van der Waals surface area contributed by atoms with Crippen molar-refractivity contribution < 1.29 is 29.3 Å². The first-order chi connectivity index (χ1) is 34.4. The van der Waals surface area contributed by atoms with Crippen LogP contribution in [0.5, 0.6) is 11.5 Å². The van der Waals surface area contributed by atoms with Gasteiger partial charge in [-0.15, -0.1) is 0 Å². The van der Waals surface area contributed by atoms with Crippen LogP contribution in [0.4, 0.5) is 0 Å². The van der Waals surface area contributed by atoms with Gasteiger partial charge in [0.15, 0.2) is 0 Å². The van der Waals surface area contributed by atoms with Crippen LogP contribution in [-0.2, 0) is 12.8 Å². The summed E-state index contributed by atoms with van der Waals surface area (Å²) in [5, 5.41) is 21.9. The minimum absolute atomic E-state index is 0.104. The molecular weight excluding hydrogens is 974 g/mol. The Kier molecular flexibility index (Phi) is 14.9. The number of carboxylic acid groups (broad SMARTS) is 2. The van der Waals surface area contributed by atoms with Crippen molar-refractivity contribution in [2.45, 2.75) is 70.0 Å². The summed E-state index contributed by atoms with van der Waals surface area (Å²) in [6.45, 7) is 5.78. The Labute approximate surface area is 435 Å². The largest absolute Gasteiger partial charge is 0.489 e. The van der Waals surface area contributed by atoms with Crippen LogP contribution in [0.1, 0.15) is 110 Å². The number of rotatable bonds is 14. The van der Waals surface area contributed by atoms with Crippen LogP contribution in [0.3, 0.4) is 0 Å². The van der Waals surface area contributed by atoms with Gasteiger partial charge in [-0.3, -0.25) is 9.80 Å². The Morgan fingerprint density at radius 1 is 0.507 bits per heavy atom. The molecule has 0 aromatic heterocycles. The van der Waals surface area contributed by atoms with E-state index in [2.05, 4.69) is 34.1 Å². The maximum atomic E-state index is 11.9. The predicted molar refractivity (Wildman–Crippen MR) is 286 cm³/mol. The number of halogens is 4. The van der Waals surface area contributed by atoms with Gasteiger partial charge in [0, 0.05) is 46.3 Å². The zero-order chi connectivity index (χ0) is 49.2. The molecule has 2 atom stereocenters. The number of aryl methyl sites for hydroxylation is 2. The summed E-state index contributed by atoms with van der Waals surface area (Å²) >= 11 is 26.3. The number of carboxylic acids is 2. The molecule has 12 heteroatoms. The van der Waals surface area contributed by atoms with E-state index in [-0.39, 0.29) is 23.3 Å². The quantitative estimate of drug-likeness (QED) is 0.111. The Hall–Kier alpha value is -5.58. The van der Waals surface area contributed by atoms with E-state index in [0.29, 0.717) is 20.1 Å². The molecule has 6 aromatic rings. The first-order valence-corrected chi connectivity index (χ1v) is 26.0. The van der Waals surface area contributed by atoms with E-state index in [1.165, 1.54) is 0 Å². The number of likely N-dealkylation sites (tertiary alicyclic amines) is 2. The summed E-state index contributed by atoms with van der Waals surface area (Å²) in [7, 11) is 0. The van der Waals surface area contributed by atoms with Crippen LogP contribution in [-0.4, -0.2) is 83.4 Å². The molecule has 0 spiro atoms. The molecule has 2 aliphatic heterocycles. The molecule has 2 saturated heterocycles. The molecule has 0 radical (unpaired) electrons. The van der Waals surface area contributed by atoms with E-state index in [1.54, 1.807) is 24.3 Å². The number of allylic oxidation sites excluding steroid dienone is 2. The molecule has 2 N–H and O–H groups in total. The van der Waals surface area contributed by atoms with Crippen molar-refractivity contribution in [1.29, 1.82) is 0 Å². The van der Waals surface area contributed by atoms with Gasteiger partial charge in [-0.25, -0.2) is 9.59 Å². The molecule has 2 aliphatic carbocycles. The van der Waals surface area contributed by atoms with Crippen LogP contribution < -0.4 is 9.47 Å². The molecule has 0 unspecified atom stereocenters. The van der Waals surface area contributed by atoms with Crippen molar-refractivity contribution in [2.75, 3.05) is 39.3 Å². The molecule has 8 nitrogen and oxygen atoms in total. The number of nitrogens with zero attached hydrogens (tertiary/aromatic N) is 2. The normalized spacial score (nSPS) is 18.5. The summed E-state index contributed by atoms with van der Waals surface area (Å²) in [6.07, 6.45) is 8.03. The first-order valence-electron chi connectivity index (χ1n) is 24.5. The van der Waals surface area contributed by atoms with E-state index < -0.39 is 11.9 Å². The minimum atomic E-state index is -0.933. The third kappa shape index (κ3) is 11.1. The van der Waals surface area contributed by atoms with Crippen molar-refractivity contribution >= 4 is 80.6 Å². The maximum Gasteiger partial charge on any atom is 0.335 e. The second kappa shape index (κ2) is 21.6. The van der Waals surface area contributed by atoms with E-state index in [4.69, 9.17) is 55.9 Å². The van der Waals surface area contributed by atoms with Gasteiger partial charge in [-0.05, 0) is 210 Å². The highest BCUT2D eigenvalue weighted by Gasteiger charge is 2.29. The van der Waals surface area contributed by atoms with Crippen LogP contribution in [0.2, 0.25) is 20.1 Å². The highest BCUT2D eigenvalue weighted by atomic mass is 35.5. The fourth-order valence-corrected chi connectivity index (χ4v) is 12.0. The smallest absolute Gasteiger partial charge is 0.335 e. The first kappa shape index (κ1) is 49.0. The van der Waals surface area contributed by atoms with Gasteiger partial charge in [0.25, 0.3) is 0 Å². The summed E-state index contributed by atoms with van der Waals surface area (Å²) in [4.78, 5) is 28.8. The monoisotopic (exact) mass is 1030 g/mol. The van der Waals surface area contributed by atoms with Gasteiger partial charge in [0.05, 0.1) is 11.1 Å². The van der Waals surface area contributed by atoms with Crippen LogP contribution >= 0.6 is 46.4 Å². The number of aromatic carboxylic acids is 2. The average Bonchev–Trinajstić information content (AvgIpc) is 3.90. The highest BCUT2D eigenvalue weighted by Crippen LogP contribution is 2.45. The lowest BCUT2D eigenvalue weighted by atomic mass is 9.87.